The van der Waals surface area contributed by atoms with Crippen LogP contribution in [0.2, 0.25) is 0 Å². The zero-order valence-electron chi connectivity index (χ0n) is 11.5. The lowest BCUT2D eigenvalue weighted by molar-refractivity contribution is -0.134. The molecule has 2 heterocycles. The van der Waals surface area contributed by atoms with Crippen molar-refractivity contribution in [1.82, 2.24) is 10.2 Å². The van der Waals surface area contributed by atoms with Crippen LogP contribution in [0, 0.1) is 5.92 Å². The smallest absolute Gasteiger partial charge is 0.261 e. The molecule has 0 aromatic carbocycles. The average molecular weight is 296 g/mol. The maximum Gasteiger partial charge on any atom is 0.261 e. The second-order valence-electron chi connectivity index (χ2n) is 5.15. The molecule has 1 aliphatic heterocycles. The van der Waals surface area contributed by atoms with Gasteiger partial charge in [-0.3, -0.25) is 9.59 Å². The van der Waals surface area contributed by atoms with Crippen molar-refractivity contribution >= 4 is 23.2 Å². The first-order chi connectivity index (χ1) is 9.61. The molecule has 5 nitrogen and oxygen atoms in total. The topological polar surface area (TPSA) is 69.6 Å². The first-order valence-electron chi connectivity index (χ1n) is 6.86. The normalized spacial score (nSPS) is 20.5. The molecule has 2 unspecified atom stereocenters. The number of amides is 2. The van der Waals surface area contributed by atoms with E-state index >= 15 is 0 Å². The Hall–Kier alpha value is -1.40. The molecule has 2 N–H and O–H groups in total. The molecule has 0 saturated carbocycles. The van der Waals surface area contributed by atoms with E-state index in [-0.39, 0.29) is 24.3 Å². The van der Waals surface area contributed by atoms with E-state index in [9.17, 15) is 14.7 Å². The van der Waals surface area contributed by atoms with Gasteiger partial charge in [0, 0.05) is 19.7 Å². The molecule has 2 rings (SSSR count). The van der Waals surface area contributed by atoms with E-state index in [0.717, 1.165) is 12.8 Å². The molecular weight excluding hydrogens is 276 g/mol. The molecule has 0 aliphatic carbocycles. The van der Waals surface area contributed by atoms with Crippen LogP contribution in [0.3, 0.4) is 0 Å². The van der Waals surface area contributed by atoms with Crippen LogP contribution in [-0.4, -0.2) is 47.6 Å². The van der Waals surface area contributed by atoms with Gasteiger partial charge in [0.2, 0.25) is 5.91 Å². The Bertz CT molecular complexity index is 461. The van der Waals surface area contributed by atoms with Crippen LogP contribution in [0.15, 0.2) is 17.5 Å². The van der Waals surface area contributed by atoms with Crippen LogP contribution < -0.4 is 5.32 Å². The molecule has 6 heteroatoms. The molecule has 0 bridgehead atoms. The molecule has 1 aromatic heterocycles. The molecule has 1 aliphatic rings. The van der Waals surface area contributed by atoms with Gasteiger partial charge in [0.05, 0.1) is 4.88 Å². The van der Waals surface area contributed by atoms with E-state index < -0.39 is 6.04 Å². The number of hydrogen-bond acceptors (Lipinski definition) is 4. The standard InChI is InChI=1S/C14H20N2O3S/c1-10(15-13(18)12-5-3-7-20-12)14(19)16-6-2-4-11(8-16)9-17/h3,5,7,10-11,17H,2,4,6,8-9H2,1H3,(H,15,18). The van der Waals surface area contributed by atoms with Crippen molar-refractivity contribution in [2.24, 2.45) is 5.92 Å². The third-order valence-corrected chi connectivity index (χ3v) is 4.42. The molecule has 0 spiro atoms. The molecule has 110 valence electrons. The van der Waals surface area contributed by atoms with Gasteiger partial charge in [-0.2, -0.15) is 0 Å². The lowest BCUT2D eigenvalue weighted by Gasteiger charge is -2.33. The van der Waals surface area contributed by atoms with Gasteiger partial charge in [-0.25, -0.2) is 0 Å². The Morgan fingerprint density at radius 3 is 3.05 bits per heavy atom. The molecule has 2 amide bonds. The minimum absolute atomic E-state index is 0.0759. The summed E-state index contributed by atoms with van der Waals surface area (Å²) < 4.78 is 0. The summed E-state index contributed by atoms with van der Waals surface area (Å²) in [7, 11) is 0. The van der Waals surface area contributed by atoms with Crippen LogP contribution in [0.4, 0.5) is 0 Å². The molecule has 1 aromatic rings. The second kappa shape index (κ2) is 6.85. The van der Waals surface area contributed by atoms with Gasteiger partial charge in [-0.05, 0) is 37.1 Å². The number of aliphatic hydroxyl groups is 1. The fourth-order valence-electron chi connectivity index (χ4n) is 2.43. The minimum atomic E-state index is -0.540. The van der Waals surface area contributed by atoms with E-state index in [4.69, 9.17) is 0 Å². The summed E-state index contributed by atoms with van der Waals surface area (Å²) in [6.45, 7) is 3.10. The number of rotatable bonds is 4. The quantitative estimate of drug-likeness (QED) is 0.874. The van der Waals surface area contributed by atoms with Crippen molar-refractivity contribution in [2.45, 2.75) is 25.8 Å². The minimum Gasteiger partial charge on any atom is -0.396 e. The molecule has 1 fully saturated rings. The third-order valence-electron chi connectivity index (χ3n) is 3.55. The number of carbonyl (C=O) groups is 2. The Morgan fingerprint density at radius 1 is 1.60 bits per heavy atom. The second-order valence-corrected chi connectivity index (χ2v) is 6.10. The fourth-order valence-corrected chi connectivity index (χ4v) is 3.05. The lowest BCUT2D eigenvalue weighted by atomic mass is 9.98. The van der Waals surface area contributed by atoms with Crippen molar-refractivity contribution in [3.8, 4) is 0 Å². The lowest BCUT2D eigenvalue weighted by Crippen LogP contribution is -2.50. The van der Waals surface area contributed by atoms with Gasteiger partial charge >= 0.3 is 0 Å². The summed E-state index contributed by atoms with van der Waals surface area (Å²) >= 11 is 1.35. The highest BCUT2D eigenvalue weighted by atomic mass is 32.1. The highest BCUT2D eigenvalue weighted by Crippen LogP contribution is 2.16. The summed E-state index contributed by atoms with van der Waals surface area (Å²) in [5, 5.41) is 13.8. The largest absolute Gasteiger partial charge is 0.396 e. The van der Waals surface area contributed by atoms with Gasteiger partial charge in [-0.15, -0.1) is 11.3 Å². The zero-order chi connectivity index (χ0) is 14.5. The van der Waals surface area contributed by atoms with Crippen LogP contribution in [0.5, 0.6) is 0 Å². The Morgan fingerprint density at radius 2 is 2.40 bits per heavy atom. The molecule has 20 heavy (non-hydrogen) atoms. The monoisotopic (exact) mass is 296 g/mol. The van der Waals surface area contributed by atoms with Crippen molar-refractivity contribution in [3.05, 3.63) is 22.4 Å². The summed E-state index contributed by atoms with van der Waals surface area (Å²) in [6.07, 6.45) is 1.86. The summed E-state index contributed by atoms with van der Waals surface area (Å²) in [6, 6.07) is 3.00. The van der Waals surface area contributed by atoms with Gasteiger partial charge < -0.3 is 15.3 Å². The molecule has 2 atom stereocenters. The fraction of sp³-hybridized carbons (Fsp3) is 0.571. The molecular formula is C14H20N2O3S. The van der Waals surface area contributed by atoms with Crippen LogP contribution >= 0.6 is 11.3 Å². The number of hydrogen-bond donors (Lipinski definition) is 2. The average Bonchev–Trinajstić information content (AvgIpc) is 3.00. The number of piperidine rings is 1. The Kier molecular flexibility index (Phi) is 5.14. The number of nitrogens with one attached hydrogen (secondary N) is 1. The number of thiophene rings is 1. The van der Waals surface area contributed by atoms with Crippen molar-refractivity contribution in [1.29, 1.82) is 0 Å². The number of carbonyl (C=O) groups excluding carboxylic acids is 2. The predicted octanol–water partition coefficient (Wildman–Crippen LogP) is 1.10. The first-order valence-corrected chi connectivity index (χ1v) is 7.73. The van der Waals surface area contributed by atoms with Crippen LogP contribution in [0.25, 0.3) is 0 Å². The van der Waals surface area contributed by atoms with Crippen LogP contribution in [-0.2, 0) is 4.79 Å². The van der Waals surface area contributed by atoms with Crippen molar-refractivity contribution in [3.63, 3.8) is 0 Å². The predicted molar refractivity (Wildman–Crippen MR) is 77.6 cm³/mol. The zero-order valence-corrected chi connectivity index (χ0v) is 12.4. The Labute approximate surface area is 122 Å². The van der Waals surface area contributed by atoms with Crippen LogP contribution in [0.1, 0.15) is 29.4 Å². The maximum atomic E-state index is 12.3. The van der Waals surface area contributed by atoms with E-state index in [1.807, 2.05) is 11.4 Å². The van der Waals surface area contributed by atoms with Gasteiger partial charge in [0.15, 0.2) is 0 Å². The highest BCUT2D eigenvalue weighted by Gasteiger charge is 2.27. The summed E-state index contributed by atoms with van der Waals surface area (Å²) in [5.41, 5.74) is 0. The molecule has 1 saturated heterocycles. The maximum absolute atomic E-state index is 12.3. The molecule has 0 radical (unpaired) electrons. The SMILES string of the molecule is CC(NC(=O)c1cccs1)C(=O)N1CCCC(CO)C1. The van der Waals surface area contributed by atoms with E-state index in [2.05, 4.69) is 5.32 Å². The van der Waals surface area contributed by atoms with Gasteiger partial charge in [0.25, 0.3) is 5.91 Å². The van der Waals surface area contributed by atoms with Crippen molar-refractivity contribution in [2.75, 3.05) is 19.7 Å². The highest BCUT2D eigenvalue weighted by molar-refractivity contribution is 7.12. The van der Waals surface area contributed by atoms with E-state index in [1.165, 1.54) is 11.3 Å². The third kappa shape index (κ3) is 3.58. The van der Waals surface area contributed by atoms with E-state index in [1.54, 1.807) is 17.9 Å². The van der Waals surface area contributed by atoms with Gasteiger partial charge in [0.1, 0.15) is 6.04 Å². The first kappa shape index (κ1) is 15.0. The summed E-state index contributed by atoms with van der Waals surface area (Å²) in [4.78, 5) is 26.6. The number of likely N-dealkylation sites (tertiary alicyclic amines) is 1. The van der Waals surface area contributed by atoms with Gasteiger partial charge in [-0.1, -0.05) is 6.07 Å². The number of aliphatic hydroxyl groups excluding tert-OH is 1. The van der Waals surface area contributed by atoms with Crippen molar-refractivity contribution < 1.29 is 14.7 Å². The number of nitrogens with zero attached hydrogens (tertiary/aromatic N) is 1. The summed E-state index contributed by atoms with van der Waals surface area (Å²) in [5.74, 6) is -0.127. The van der Waals surface area contributed by atoms with E-state index in [0.29, 0.717) is 18.0 Å². The Balaban J connectivity index is 1.90.